The van der Waals surface area contributed by atoms with Gasteiger partial charge in [-0.2, -0.15) is 0 Å². The summed E-state index contributed by atoms with van der Waals surface area (Å²) in [7, 11) is 0. The lowest BCUT2D eigenvalue weighted by Gasteiger charge is -2.59. The summed E-state index contributed by atoms with van der Waals surface area (Å²) >= 11 is 0. The van der Waals surface area contributed by atoms with E-state index in [1.165, 1.54) is 38.5 Å². The lowest BCUT2D eigenvalue weighted by Crippen LogP contribution is -2.57. The largest absolute Gasteiger partial charge is 0.494 e. The van der Waals surface area contributed by atoms with Crippen LogP contribution in [0.5, 0.6) is 5.75 Å². The Kier molecular flexibility index (Phi) is 5.82. The molecule has 4 fully saturated rings. The number of benzene rings is 1. The zero-order chi connectivity index (χ0) is 21.5. The monoisotopic (exact) mass is 412 g/mol. The SMILES string of the molecule is CCOc1ccc(C)cc1C(C)NC(=O)C(=O)NC(C)C12CC3CC(CC(C3)C1)C2. The molecule has 4 saturated carbocycles. The van der Waals surface area contributed by atoms with E-state index < -0.39 is 11.8 Å². The molecule has 4 aliphatic carbocycles. The first-order chi connectivity index (χ1) is 14.3. The van der Waals surface area contributed by atoms with E-state index in [0.29, 0.717) is 6.61 Å². The fourth-order valence-electron chi connectivity index (χ4n) is 6.76. The van der Waals surface area contributed by atoms with Crippen LogP contribution in [-0.4, -0.2) is 24.5 Å². The van der Waals surface area contributed by atoms with E-state index in [-0.39, 0.29) is 17.5 Å². The number of carbonyl (C=O) groups is 2. The van der Waals surface area contributed by atoms with Crippen molar-refractivity contribution in [1.29, 1.82) is 0 Å². The summed E-state index contributed by atoms with van der Waals surface area (Å²) in [6, 6.07) is 5.65. The van der Waals surface area contributed by atoms with Crippen molar-refractivity contribution in [3.8, 4) is 5.75 Å². The number of amides is 2. The van der Waals surface area contributed by atoms with Gasteiger partial charge in [0, 0.05) is 11.6 Å². The number of hydrogen-bond acceptors (Lipinski definition) is 3. The first-order valence-corrected chi connectivity index (χ1v) is 11.6. The third-order valence-electron chi connectivity index (χ3n) is 7.84. The molecule has 164 valence electrons. The summed E-state index contributed by atoms with van der Waals surface area (Å²) < 4.78 is 5.71. The number of hydrogen-bond donors (Lipinski definition) is 2. The van der Waals surface area contributed by atoms with E-state index in [0.717, 1.165) is 34.6 Å². The van der Waals surface area contributed by atoms with Crippen molar-refractivity contribution in [2.75, 3.05) is 6.61 Å². The second kappa shape index (κ2) is 8.24. The first kappa shape index (κ1) is 21.2. The Labute approximate surface area is 180 Å². The molecular formula is C25H36N2O3. The highest BCUT2D eigenvalue weighted by molar-refractivity contribution is 6.35. The molecule has 2 atom stereocenters. The van der Waals surface area contributed by atoms with Crippen LogP contribution in [-0.2, 0) is 9.59 Å². The second-order valence-electron chi connectivity index (χ2n) is 10.1. The van der Waals surface area contributed by atoms with Crippen LogP contribution in [0.15, 0.2) is 18.2 Å². The second-order valence-corrected chi connectivity index (χ2v) is 10.1. The summed E-state index contributed by atoms with van der Waals surface area (Å²) in [6.07, 6.45) is 7.74. The van der Waals surface area contributed by atoms with Gasteiger partial charge in [-0.1, -0.05) is 17.7 Å². The average molecular weight is 413 g/mol. The molecule has 0 spiro atoms. The molecule has 0 aliphatic heterocycles. The van der Waals surface area contributed by atoms with Crippen molar-refractivity contribution in [2.24, 2.45) is 23.2 Å². The Morgan fingerprint density at radius 1 is 1.03 bits per heavy atom. The van der Waals surface area contributed by atoms with Crippen LogP contribution >= 0.6 is 0 Å². The molecule has 4 aliphatic rings. The van der Waals surface area contributed by atoms with Gasteiger partial charge in [0.25, 0.3) is 0 Å². The van der Waals surface area contributed by atoms with Gasteiger partial charge in [-0.3, -0.25) is 9.59 Å². The quantitative estimate of drug-likeness (QED) is 0.685. The minimum absolute atomic E-state index is 0.0393. The fourth-order valence-corrected chi connectivity index (χ4v) is 6.76. The zero-order valence-corrected chi connectivity index (χ0v) is 18.8. The van der Waals surface area contributed by atoms with Gasteiger partial charge < -0.3 is 15.4 Å². The van der Waals surface area contributed by atoms with Gasteiger partial charge in [0.05, 0.1) is 12.6 Å². The maximum Gasteiger partial charge on any atom is 0.309 e. The molecule has 4 bridgehead atoms. The number of rotatable bonds is 6. The molecular weight excluding hydrogens is 376 g/mol. The lowest BCUT2D eigenvalue weighted by molar-refractivity contribution is -0.142. The van der Waals surface area contributed by atoms with Crippen molar-refractivity contribution in [3.05, 3.63) is 29.3 Å². The third kappa shape index (κ3) is 4.08. The Hall–Kier alpha value is -2.04. The molecule has 5 nitrogen and oxygen atoms in total. The number of carbonyl (C=O) groups excluding carboxylic acids is 2. The molecule has 0 saturated heterocycles. The summed E-state index contributed by atoms with van der Waals surface area (Å²) in [4.78, 5) is 25.4. The molecule has 5 rings (SSSR count). The van der Waals surface area contributed by atoms with Gasteiger partial charge in [-0.25, -0.2) is 0 Å². The highest BCUT2D eigenvalue weighted by Crippen LogP contribution is 2.61. The van der Waals surface area contributed by atoms with Gasteiger partial charge in [-0.15, -0.1) is 0 Å². The third-order valence-corrected chi connectivity index (χ3v) is 7.84. The summed E-state index contributed by atoms with van der Waals surface area (Å²) in [5.74, 6) is 2.13. The highest BCUT2D eigenvalue weighted by Gasteiger charge is 2.53. The van der Waals surface area contributed by atoms with Crippen LogP contribution in [0.25, 0.3) is 0 Å². The maximum atomic E-state index is 12.7. The average Bonchev–Trinajstić information content (AvgIpc) is 2.68. The molecule has 1 aromatic rings. The van der Waals surface area contributed by atoms with Gasteiger partial charge in [-0.05, 0) is 95.5 Å². The van der Waals surface area contributed by atoms with Crippen molar-refractivity contribution in [1.82, 2.24) is 10.6 Å². The van der Waals surface area contributed by atoms with E-state index >= 15 is 0 Å². The van der Waals surface area contributed by atoms with E-state index in [2.05, 4.69) is 17.6 Å². The predicted octanol–water partition coefficient (Wildman–Crippen LogP) is 4.29. The van der Waals surface area contributed by atoms with Crippen molar-refractivity contribution in [3.63, 3.8) is 0 Å². The molecule has 2 amide bonds. The Morgan fingerprint density at radius 2 is 1.60 bits per heavy atom. The molecule has 2 unspecified atom stereocenters. The van der Waals surface area contributed by atoms with Gasteiger partial charge in [0.1, 0.15) is 5.75 Å². The summed E-state index contributed by atoms with van der Waals surface area (Å²) in [6.45, 7) is 8.50. The van der Waals surface area contributed by atoms with Crippen molar-refractivity contribution in [2.45, 2.75) is 78.3 Å². The molecule has 0 aromatic heterocycles. The topological polar surface area (TPSA) is 67.4 Å². The molecule has 1 aromatic carbocycles. The van der Waals surface area contributed by atoms with Crippen LogP contribution in [0.3, 0.4) is 0 Å². The lowest BCUT2D eigenvalue weighted by atomic mass is 9.48. The standard InChI is InChI=1S/C25H36N2O3/c1-5-30-22-7-6-15(2)8-21(22)16(3)26-23(28)24(29)27-17(4)25-12-18-9-19(13-25)11-20(10-18)14-25/h6-8,16-20H,5,9-14H2,1-4H3,(H,26,28)(H,27,29). The summed E-state index contributed by atoms with van der Waals surface area (Å²) in [5.41, 5.74) is 2.18. The Morgan fingerprint density at radius 3 is 2.17 bits per heavy atom. The number of aryl methyl sites for hydroxylation is 1. The minimum atomic E-state index is -0.567. The van der Waals surface area contributed by atoms with Crippen molar-refractivity contribution < 1.29 is 14.3 Å². The van der Waals surface area contributed by atoms with Gasteiger partial charge >= 0.3 is 11.8 Å². The zero-order valence-electron chi connectivity index (χ0n) is 18.8. The molecule has 30 heavy (non-hydrogen) atoms. The minimum Gasteiger partial charge on any atom is -0.494 e. The molecule has 0 radical (unpaired) electrons. The van der Waals surface area contributed by atoms with E-state index in [4.69, 9.17) is 4.74 Å². The fraction of sp³-hybridized carbons (Fsp3) is 0.680. The maximum absolute atomic E-state index is 12.7. The number of ether oxygens (including phenoxy) is 1. The van der Waals surface area contributed by atoms with Gasteiger partial charge in [0.2, 0.25) is 0 Å². The first-order valence-electron chi connectivity index (χ1n) is 11.6. The highest BCUT2D eigenvalue weighted by atomic mass is 16.5. The van der Waals surface area contributed by atoms with Crippen LogP contribution in [0.1, 0.15) is 76.5 Å². The molecule has 2 N–H and O–H groups in total. The Bertz CT molecular complexity index is 783. The van der Waals surface area contributed by atoms with Crippen LogP contribution in [0.4, 0.5) is 0 Å². The summed E-state index contributed by atoms with van der Waals surface area (Å²) in [5, 5.41) is 5.93. The van der Waals surface area contributed by atoms with E-state index in [1.54, 1.807) is 0 Å². The van der Waals surface area contributed by atoms with E-state index in [9.17, 15) is 9.59 Å². The van der Waals surface area contributed by atoms with Crippen LogP contribution in [0.2, 0.25) is 0 Å². The predicted molar refractivity (Wildman–Crippen MR) is 117 cm³/mol. The van der Waals surface area contributed by atoms with Gasteiger partial charge in [0.15, 0.2) is 0 Å². The van der Waals surface area contributed by atoms with Crippen LogP contribution < -0.4 is 15.4 Å². The normalized spacial score (nSPS) is 31.1. The molecule has 0 heterocycles. The number of nitrogens with one attached hydrogen (secondary N) is 2. The van der Waals surface area contributed by atoms with Crippen LogP contribution in [0, 0.1) is 30.1 Å². The molecule has 5 heteroatoms. The Balaban J connectivity index is 1.38. The smallest absolute Gasteiger partial charge is 0.309 e. The van der Waals surface area contributed by atoms with Crippen molar-refractivity contribution >= 4 is 11.8 Å². The van der Waals surface area contributed by atoms with E-state index in [1.807, 2.05) is 39.0 Å².